The van der Waals surface area contributed by atoms with E-state index < -0.39 is 0 Å². The third kappa shape index (κ3) is 5.85. The molecule has 0 fully saturated rings. The van der Waals surface area contributed by atoms with E-state index >= 15 is 0 Å². The SMILES string of the molecule is CC(C)NCCC(C)N(C)Cc1ccc(Cl)cc1. The van der Waals surface area contributed by atoms with E-state index in [-0.39, 0.29) is 0 Å². The van der Waals surface area contributed by atoms with Crippen LogP contribution < -0.4 is 5.32 Å². The average molecular weight is 269 g/mol. The highest BCUT2D eigenvalue weighted by Gasteiger charge is 2.09. The van der Waals surface area contributed by atoms with E-state index in [9.17, 15) is 0 Å². The van der Waals surface area contributed by atoms with Crippen molar-refractivity contribution in [2.45, 2.75) is 45.8 Å². The van der Waals surface area contributed by atoms with Crippen molar-refractivity contribution in [3.63, 3.8) is 0 Å². The lowest BCUT2D eigenvalue weighted by Gasteiger charge is -2.25. The third-order valence-corrected chi connectivity index (χ3v) is 3.46. The molecule has 0 aromatic heterocycles. The third-order valence-electron chi connectivity index (χ3n) is 3.21. The number of rotatable bonds is 7. The summed E-state index contributed by atoms with van der Waals surface area (Å²) in [7, 11) is 2.18. The van der Waals surface area contributed by atoms with E-state index in [1.807, 2.05) is 12.1 Å². The number of hydrogen-bond donors (Lipinski definition) is 1. The van der Waals surface area contributed by atoms with Gasteiger partial charge in [0.1, 0.15) is 0 Å². The molecule has 0 radical (unpaired) electrons. The zero-order valence-electron chi connectivity index (χ0n) is 11.9. The van der Waals surface area contributed by atoms with E-state index in [0.717, 1.165) is 18.1 Å². The molecule has 3 heteroatoms. The van der Waals surface area contributed by atoms with Gasteiger partial charge >= 0.3 is 0 Å². The largest absolute Gasteiger partial charge is 0.314 e. The predicted octanol–water partition coefficient (Wildman–Crippen LogP) is 3.55. The van der Waals surface area contributed by atoms with Crippen LogP contribution in [0.4, 0.5) is 0 Å². The smallest absolute Gasteiger partial charge is 0.0406 e. The first-order chi connectivity index (χ1) is 8.49. The van der Waals surface area contributed by atoms with Crippen LogP contribution in [0.15, 0.2) is 24.3 Å². The fourth-order valence-electron chi connectivity index (χ4n) is 1.83. The van der Waals surface area contributed by atoms with Gasteiger partial charge in [-0.25, -0.2) is 0 Å². The molecule has 0 saturated carbocycles. The van der Waals surface area contributed by atoms with Crippen LogP contribution in [0.3, 0.4) is 0 Å². The quantitative estimate of drug-likeness (QED) is 0.814. The maximum atomic E-state index is 5.89. The molecule has 18 heavy (non-hydrogen) atoms. The van der Waals surface area contributed by atoms with E-state index in [1.54, 1.807) is 0 Å². The standard InChI is InChI=1S/C15H25ClN2/c1-12(2)17-10-9-13(3)18(4)11-14-5-7-15(16)8-6-14/h5-8,12-13,17H,9-11H2,1-4H3. The molecule has 1 N–H and O–H groups in total. The van der Waals surface area contributed by atoms with Gasteiger partial charge in [0.05, 0.1) is 0 Å². The van der Waals surface area contributed by atoms with Crippen LogP contribution in [-0.4, -0.2) is 30.6 Å². The van der Waals surface area contributed by atoms with E-state index in [4.69, 9.17) is 11.6 Å². The minimum absolute atomic E-state index is 0.568. The Morgan fingerprint density at radius 2 is 1.78 bits per heavy atom. The van der Waals surface area contributed by atoms with Gasteiger partial charge < -0.3 is 5.32 Å². The maximum Gasteiger partial charge on any atom is 0.0406 e. The fourth-order valence-corrected chi connectivity index (χ4v) is 1.96. The summed E-state index contributed by atoms with van der Waals surface area (Å²) in [6.07, 6.45) is 1.17. The minimum atomic E-state index is 0.568. The van der Waals surface area contributed by atoms with Crippen molar-refractivity contribution >= 4 is 11.6 Å². The fraction of sp³-hybridized carbons (Fsp3) is 0.600. The summed E-state index contributed by atoms with van der Waals surface area (Å²) >= 11 is 5.89. The Morgan fingerprint density at radius 3 is 2.33 bits per heavy atom. The van der Waals surface area contributed by atoms with Gasteiger partial charge in [-0.15, -0.1) is 0 Å². The Labute approximate surface area is 116 Å². The lowest BCUT2D eigenvalue weighted by atomic mass is 10.1. The van der Waals surface area contributed by atoms with Crippen LogP contribution in [0, 0.1) is 0 Å². The number of nitrogens with zero attached hydrogens (tertiary/aromatic N) is 1. The van der Waals surface area contributed by atoms with Crippen LogP contribution in [0.1, 0.15) is 32.8 Å². The molecule has 1 atom stereocenters. The van der Waals surface area contributed by atoms with Crippen LogP contribution in [0.2, 0.25) is 5.02 Å². The molecule has 0 saturated heterocycles. The van der Waals surface area contributed by atoms with Gasteiger partial charge in [-0.05, 0) is 44.6 Å². The summed E-state index contributed by atoms with van der Waals surface area (Å²) in [6, 6.07) is 9.24. The summed E-state index contributed by atoms with van der Waals surface area (Å²) in [4.78, 5) is 2.38. The van der Waals surface area contributed by atoms with Gasteiger partial charge in [0.2, 0.25) is 0 Å². The first-order valence-electron chi connectivity index (χ1n) is 6.67. The van der Waals surface area contributed by atoms with Gasteiger partial charge in [-0.1, -0.05) is 37.6 Å². The highest BCUT2D eigenvalue weighted by molar-refractivity contribution is 6.30. The summed E-state index contributed by atoms with van der Waals surface area (Å²) in [5.74, 6) is 0. The predicted molar refractivity (Wildman–Crippen MR) is 80.1 cm³/mol. The molecule has 0 bridgehead atoms. The molecule has 0 aliphatic carbocycles. The van der Waals surface area contributed by atoms with Gasteiger partial charge in [0.15, 0.2) is 0 Å². The molecule has 1 aromatic carbocycles. The van der Waals surface area contributed by atoms with Gasteiger partial charge in [0.25, 0.3) is 0 Å². The molecule has 0 aliphatic heterocycles. The van der Waals surface area contributed by atoms with Crippen LogP contribution in [0.5, 0.6) is 0 Å². The van der Waals surface area contributed by atoms with Crippen molar-refractivity contribution in [3.8, 4) is 0 Å². The van der Waals surface area contributed by atoms with Crippen molar-refractivity contribution < 1.29 is 0 Å². The molecule has 1 aromatic rings. The van der Waals surface area contributed by atoms with E-state index in [0.29, 0.717) is 12.1 Å². The van der Waals surface area contributed by atoms with Crippen LogP contribution >= 0.6 is 11.6 Å². The van der Waals surface area contributed by atoms with Gasteiger partial charge in [-0.3, -0.25) is 4.90 Å². The molecular formula is C15H25ClN2. The molecule has 0 spiro atoms. The number of nitrogens with one attached hydrogen (secondary N) is 1. The van der Waals surface area contributed by atoms with Gasteiger partial charge in [0, 0.05) is 23.7 Å². The average Bonchev–Trinajstić information content (AvgIpc) is 2.31. The second-order valence-electron chi connectivity index (χ2n) is 5.29. The van der Waals surface area contributed by atoms with Gasteiger partial charge in [-0.2, -0.15) is 0 Å². The van der Waals surface area contributed by atoms with E-state index in [1.165, 1.54) is 12.0 Å². The monoisotopic (exact) mass is 268 g/mol. The highest BCUT2D eigenvalue weighted by Crippen LogP contribution is 2.12. The molecular weight excluding hydrogens is 244 g/mol. The summed E-state index contributed by atoms with van der Waals surface area (Å²) < 4.78 is 0. The number of benzene rings is 1. The Morgan fingerprint density at radius 1 is 1.17 bits per heavy atom. The Balaban J connectivity index is 2.35. The van der Waals surface area contributed by atoms with Crippen molar-refractivity contribution in [3.05, 3.63) is 34.9 Å². The highest BCUT2D eigenvalue weighted by atomic mass is 35.5. The summed E-state index contributed by atoms with van der Waals surface area (Å²) in [6.45, 7) is 8.69. The molecule has 2 nitrogen and oxygen atoms in total. The second kappa shape index (κ2) is 7.78. The summed E-state index contributed by atoms with van der Waals surface area (Å²) in [5, 5.41) is 4.26. The molecule has 1 unspecified atom stereocenters. The number of hydrogen-bond acceptors (Lipinski definition) is 2. The van der Waals surface area contributed by atoms with Crippen molar-refractivity contribution in [2.75, 3.05) is 13.6 Å². The molecule has 102 valence electrons. The Hall–Kier alpha value is -0.570. The summed E-state index contributed by atoms with van der Waals surface area (Å²) in [5.41, 5.74) is 1.31. The Bertz CT molecular complexity index is 335. The van der Waals surface area contributed by atoms with Crippen molar-refractivity contribution in [1.29, 1.82) is 0 Å². The molecule has 0 heterocycles. The van der Waals surface area contributed by atoms with Crippen LogP contribution in [-0.2, 0) is 6.54 Å². The van der Waals surface area contributed by atoms with E-state index in [2.05, 4.69) is 50.2 Å². The maximum absolute atomic E-state index is 5.89. The van der Waals surface area contributed by atoms with Crippen molar-refractivity contribution in [1.82, 2.24) is 10.2 Å². The first kappa shape index (κ1) is 15.5. The number of halogens is 1. The van der Waals surface area contributed by atoms with Crippen LogP contribution in [0.25, 0.3) is 0 Å². The minimum Gasteiger partial charge on any atom is -0.314 e. The Kier molecular flexibility index (Phi) is 6.69. The normalized spacial score (nSPS) is 13.3. The molecule has 0 amide bonds. The van der Waals surface area contributed by atoms with Crippen molar-refractivity contribution in [2.24, 2.45) is 0 Å². The lowest BCUT2D eigenvalue weighted by Crippen LogP contribution is -2.33. The molecule has 1 rings (SSSR count). The first-order valence-corrected chi connectivity index (χ1v) is 7.05. The topological polar surface area (TPSA) is 15.3 Å². The lowest BCUT2D eigenvalue weighted by molar-refractivity contribution is 0.235. The zero-order valence-corrected chi connectivity index (χ0v) is 12.7. The second-order valence-corrected chi connectivity index (χ2v) is 5.72. The zero-order chi connectivity index (χ0) is 13.5. The molecule has 0 aliphatic rings.